The zero-order valence-electron chi connectivity index (χ0n) is 19.7. The lowest BCUT2D eigenvalue weighted by Gasteiger charge is -2.23. The monoisotopic (exact) mass is 543 g/mol. The highest BCUT2D eigenvalue weighted by atomic mass is 35.5. The Morgan fingerprint density at radius 2 is 1.62 bits per heavy atom. The van der Waals surface area contributed by atoms with Gasteiger partial charge in [0.05, 0.1) is 11.1 Å². The largest absolute Gasteiger partial charge is 0.451 e. The minimum atomic E-state index is -0.562. The molecule has 192 valence electrons. The number of hydrogen-bond acceptors (Lipinski definition) is 6. The van der Waals surface area contributed by atoms with E-state index in [-0.39, 0.29) is 17.1 Å². The third-order valence-corrected chi connectivity index (χ3v) is 5.97. The molecule has 2 aromatic heterocycles. The predicted molar refractivity (Wildman–Crippen MR) is 144 cm³/mol. The highest BCUT2D eigenvalue weighted by Gasteiger charge is 2.19. The number of benzene rings is 2. The molecule has 0 radical (unpaired) electrons. The molecular formula is C25H23Cl2N5O5. The molecule has 0 aliphatic heterocycles. The van der Waals surface area contributed by atoms with Crippen molar-refractivity contribution in [2.75, 3.05) is 40.4 Å². The van der Waals surface area contributed by atoms with Crippen molar-refractivity contribution < 1.29 is 18.9 Å². The quantitative estimate of drug-likeness (QED) is 0.155. The number of hydrogen-bond donors (Lipinski definition) is 2. The molecule has 0 unspecified atom stereocenters. The van der Waals surface area contributed by atoms with Gasteiger partial charge in [-0.2, -0.15) is 0 Å². The minimum Gasteiger partial charge on any atom is -0.451 e. The number of aromatic nitrogens is 1. The first-order valence-corrected chi connectivity index (χ1v) is 12.3. The van der Waals surface area contributed by atoms with Crippen LogP contribution in [-0.4, -0.2) is 46.2 Å². The number of carbonyl (C=O) groups excluding carboxylic acids is 2. The van der Waals surface area contributed by atoms with Crippen molar-refractivity contribution in [2.24, 2.45) is 7.05 Å². The lowest BCUT2D eigenvalue weighted by molar-refractivity contribution is -0.384. The molecule has 0 atom stereocenters. The van der Waals surface area contributed by atoms with Gasteiger partial charge in [0.2, 0.25) is 0 Å². The van der Waals surface area contributed by atoms with E-state index in [1.807, 2.05) is 12.1 Å². The summed E-state index contributed by atoms with van der Waals surface area (Å²) >= 11 is 11.7. The molecule has 10 nitrogen and oxygen atoms in total. The van der Waals surface area contributed by atoms with Crippen molar-refractivity contribution in [3.63, 3.8) is 0 Å². The standard InChI is InChI=1S/C25H23Cl2N5O5/c1-30-15-20(32(35)36)14-21(30)24(33)29-18-4-7-22-16(12-18)13-23(37-22)25(34)28-17-2-5-19(6-3-17)31(10-8-26)11-9-27/h2-7,12-15H,8-11H2,1H3,(H,28,34)(H,29,33). The lowest BCUT2D eigenvalue weighted by Crippen LogP contribution is -2.27. The van der Waals surface area contributed by atoms with Gasteiger partial charge in [-0.1, -0.05) is 0 Å². The maximum atomic E-state index is 12.8. The number of anilines is 3. The number of alkyl halides is 2. The first kappa shape index (κ1) is 26.1. The first-order valence-electron chi connectivity index (χ1n) is 11.2. The maximum Gasteiger partial charge on any atom is 0.291 e. The number of rotatable bonds is 10. The second kappa shape index (κ2) is 11.4. The fraction of sp³-hybridized carbons (Fsp3) is 0.200. The lowest BCUT2D eigenvalue weighted by atomic mass is 10.2. The molecule has 4 rings (SSSR count). The number of nitro groups is 1. The Kier molecular flexibility index (Phi) is 8.00. The van der Waals surface area contributed by atoms with Gasteiger partial charge in [-0.05, 0) is 48.5 Å². The number of halogens is 2. The normalized spacial score (nSPS) is 10.9. The number of fused-ring (bicyclic) bond motifs is 1. The average molecular weight is 544 g/mol. The van der Waals surface area contributed by atoms with Crippen LogP contribution in [-0.2, 0) is 7.05 Å². The Balaban J connectivity index is 1.45. The first-order chi connectivity index (χ1) is 17.8. The molecule has 2 N–H and O–H groups in total. The van der Waals surface area contributed by atoms with Gasteiger partial charge in [0.15, 0.2) is 5.76 Å². The fourth-order valence-corrected chi connectivity index (χ4v) is 4.23. The van der Waals surface area contributed by atoms with E-state index in [2.05, 4.69) is 15.5 Å². The number of aryl methyl sites for hydroxylation is 1. The summed E-state index contributed by atoms with van der Waals surface area (Å²) in [5.41, 5.74) is 2.41. The summed E-state index contributed by atoms with van der Waals surface area (Å²) in [6.07, 6.45) is 1.27. The van der Waals surface area contributed by atoms with Crippen LogP contribution in [0.1, 0.15) is 21.0 Å². The van der Waals surface area contributed by atoms with Crippen molar-refractivity contribution in [3.8, 4) is 0 Å². The predicted octanol–water partition coefficient (Wildman–Crippen LogP) is 5.47. The molecule has 0 aliphatic rings. The van der Waals surface area contributed by atoms with Crippen LogP contribution in [0.4, 0.5) is 22.7 Å². The Bertz CT molecular complexity index is 1440. The summed E-state index contributed by atoms with van der Waals surface area (Å²) in [4.78, 5) is 37.8. The van der Waals surface area contributed by atoms with Gasteiger partial charge in [0, 0.05) is 60.4 Å². The molecule has 12 heteroatoms. The number of nitrogens with zero attached hydrogens (tertiary/aromatic N) is 3. The second-order valence-electron chi connectivity index (χ2n) is 8.13. The Morgan fingerprint density at radius 3 is 2.24 bits per heavy atom. The molecule has 2 amide bonds. The van der Waals surface area contributed by atoms with E-state index in [1.54, 1.807) is 43.4 Å². The SMILES string of the molecule is Cn1cc([N+](=O)[O-])cc1C(=O)Nc1ccc2oc(C(=O)Nc3ccc(N(CCCl)CCCl)cc3)cc2c1. The fourth-order valence-electron chi connectivity index (χ4n) is 3.82. The van der Waals surface area contributed by atoms with Gasteiger partial charge < -0.3 is 24.5 Å². The molecule has 0 fully saturated rings. The van der Waals surface area contributed by atoms with E-state index < -0.39 is 16.7 Å². The van der Waals surface area contributed by atoms with Gasteiger partial charge in [0.1, 0.15) is 11.3 Å². The van der Waals surface area contributed by atoms with Crippen LogP contribution in [0, 0.1) is 10.1 Å². The number of furan rings is 1. The second-order valence-corrected chi connectivity index (χ2v) is 8.89. The van der Waals surface area contributed by atoms with Crippen LogP contribution in [0.25, 0.3) is 11.0 Å². The summed E-state index contributed by atoms with van der Waals surface area (Å²) in [5, 5.41) is 17.1. The molecular weight excluding hydrogens is 521 g/mol. The zero-order chi connectivity index (χ0) is 26.5. The van der Waals surface area contributed by atoms with Gasteiger partial charge >= 0.3 is 0 Å². The van der Waals surface area contributed by atoms with Gasteiger partial charge in [0.25, 0.3) is 17.5 Å². The van der Waals surface area contributed by atoms with E-state index in [9.17, 15) is 19.7 Å². The van der Waals surface area contributed by atoms with E-state index in [0.717, 1.165) is 5.69 Å². The highest BCUT2D eigenvalue weighted by Crippen LogP contribution is 2.25. The van der Waals surface area contributed by atoms with Crippen molar-refractivity contribution >= 4 is 68.7 Å². The van der Waals surface area contributed by atoms with Gasteiger partial charge in [-0.3, -0.25) is 19.7 Å². The number of nitrogens with one attached hydrogen (secondary N) is 2. The van der Waals surface area contributed by atoms with Crippen molar-refractivity contribution in [2.45, 2.75) is 0 Å². The molecule has 37 heavy (non-hydrogen) atoms. The molecule has 0 bridgehead atoms. The molecule has 4 aromatic rings. The Hall–Kier alpha value is -4.02. The van der Waals surface area contributed by atoms with Crippen LogP contribution >= 0.6 is 23.2 Å². The van der Waals surface area contributed by atoms with Crippen LogP contribution in [0.2, 0.25) is 0 Å². The molecule has 0 spiro atoms. The zero-order valence-corrected chi connectivity index (χ0v) is 21.3. The Morgan fingerprint density at radius 1 is 0.973 bits per heavy atom. The molecule has 2 aromatic carbocycles. The average Bonchev–Trinajstić information content (AvgIpc) is 3.48. The summed E-state index contributed by atoms with van der Waals surface area (Å²) in [7, 11) is 1.55. The van der Waals surface area contributed by atoms with Crippen LogP contribution < -0.4 is 15.5 Å². The van der Waals surface area contributed by atoms with Gasteiger partial charge in [-0.15, -0.1) is 23.2 Å². The Labute approximate surface area is 221 Å². The number of carbonyl (C=O) groups is 2. The third-order valence-electron chi connectivity index (χ3n) is 5.63. The third kappa shape index (κ3) is 6.04. The van der Waals surface area contributed by atoms with E-state index in [4.69, 9.17) is 27.6 Å². The molecule has 0 aliphatic carbocycles. The van der Waals surface area contributed by atoms with Crippen LogP contribution in [0.15, 0.2) is 65.2 Å². The summed E-state index contributed by atoms with van der Waals surface area (Å²) in [6.45, 7) is 1.32. The van der Waals surface area contributed by atoms with E-state index in [1.165, 1.54) is 16.8 Å². The van der Waals surface area contributed by atoms with Crippen molar-refractivity contribution in [1.82, 2.24) is 4.57 Å². The van der Waals surface area contributed by atoms with Crippen molar-refractivity contribution in [3.05, 3.63) is 82.4 Å². The summed E-state index contributed by atoms with van der Waals surface area (Å²) < 4.78 is 7.06. The molecule has 2 heterocycles. The topological polar surface area (TPSA) is 123 Å². The van der Waals surface area contributed by atoms with Crippen LogP contribution in [0.3, 0.4) is 0 Å². The van der Waals surface area contributed by atoms with Gasteiger partial charge in [-0.25, -0.2) is 0 Å². The smallest absolute Gasteiger partial charge is 0.291 e. The van der Waals surface area contributed by atoms with Crippen molar-refractivity contribution in [1.29, 1.82) is 0 Å². The molecule has 0 saturated heterocycles. The molecule has 0 saturated carbocycles. The summed E-state index contributed by atoms with van der Waals surface area (Å²) in [5.74, 6) is 0.120. The highest BCUT2D eigenvalue weighted by molar-refractivity contribution is 6.18. The van der Waals surface area contributed by atoms with Crippen LogP contribution in [0.5, 0.6) is 0 Å². The van der Waals surface area contributed by atoms with E-state index in [0.29, 0.717) is 47.2 Å². The maximum absolute atomic E-state index is 12.8. The number of amides is 2. The minimum absolute atomic E-state index is 0.103. The van der Waals surface area contributed by atoms with E-state index >= 15 is 0 Å². The summed E-state index contributed by atoms with van der Waals surface area (Å²) in [6, 6.07) is 15.0.